The van der Waals surface area contributed by atoms with Crippen molar-refractivity contribution in [1.29, 1.82) is 0 Å². The van der Waals surface area contributed by atoms with Gasteiger partial charge in [-0.1, -0.05) is 22.6 Å². The minimum absolute atomic E-state index is 0.257. The van der Waals surface area contributed by atoms with Crippen LogP contribution < -0.4 is 9.47 Å². The van der Waals surface area contributed by atoms with Crippen molar-refractivity contribution < 1.29 is 28.9 Å². The highest BCUT2D eigenvalue weighted by molar-refractivity contribution is 14.1. The summed E-state index contributed by atoms with van der Waals surface area (Å²) in [5.74, 6) is 0.0821. The van der Waals surface area contributed by atoms with Crippen molar-refractivity contribution in [3.8, 4) is 11.5 Å². The molecule has 1 aromatic carbocycles. The van der Waals surface area contributed by atoms with Crippen molar-refractivity contribution >= 4 is 40.7 Å². The topological polar surface area (TPSA) is 85.3 Å². The molecule has 1 aliphatic rings. The average molecular weight is 489 g/mol. The Kier molecular flexibility index (Phi) is 6.96. The first kappa shape index (κ1) is 21.3. The van der Waals surface area contributed by atoms with Crippen LogP contribution in [0.5, 0.6) is 11.5 Å². The van der Waals surface area contributed by atoms with Gasteiger partial charge in [0.15, 0.2) is 6.04 Å². The van der Waals surface area contributed by atoms with Crippen molar-refractivity contribution in [3.63, 3.8) is 0 Å². The van der Waals surface area contributed by atoms with E-state index in [0.29, 0.717) is 17.9 Å². The number of likely N-dealkylation sites (tertiary alicyclic amines) is 1. The smallest absolute Gasteiger partial charge is 0.411 e. The third-order valence-corrected chi connectivity index (χ3v) is 4.31. The molecule has 1 aromatic rings. The Balaban J connectivity index is 2.20. The zero-order chi connectivity index (χ0) is 20.2. The average Bonchev–Trinajstić information content (AvgIpc) is 2.98. The van der Waals surface area contributed by atoms with E-state index in [1.165, 1.54) is 4.90 Å². The first-order valence-corrected chi connectivity index (χ1v) is 9.74. The molecule has 1 heterocycles. The molecule has 1 fully saturated rings. The molecular formula is C19H24INO6. The lowest BCUT2D eigenvalue weighted by atomic mass is 10.1. The molecule has 1 saturated heterocycles. The number of carbonyl (C=O) groups excluding carboxylic acids is 1. The van der Waals surface area contributed by atoms with E-state index in [4.69, 9.17) is 14.2 Å². The highest BCUT2D eigenvalue weighted by Gasteiger charge is 2.45. The van der Waals surface area contributed by atoms with E-state index >= 15 is 0 Å². The van der Waals surface area contributed by atoms with E-state index in [1.54, 1.807) is 46.1 Å². The Morgan fingerprint density at radius 1 is 1.33 bits per heavy atom. The van der Waals surface area contributed by atoms with Crippen LogP contribution in [0.2, 0.25) is 0 Å². The molecule has 0 unspecified atom stereocenters. The van der Waals surface area contributed by atoms with E-state index in [2.05, 4.69) is 22.6 Å². The third kappa shape index (κ3) is 5.50. The van der Waals surface area contributed by atoms with Gasteiger partial charge in [0.2, 0.25) is 0 Å². The molecule has 1 amide bonds. The van der Waals surface area contributed by atoms with Crippen LogP contribution in [-0.2, 0) is 9.53 Å². The quantitative estimate of drug-likeness (QED) is 0.631. The Hall–Kier alpha value is -1.97. The van der Waals surface area contributed by atoms with Crippen LogP contribution in [0.15, 0.2) is 22.3 Å². The Morgan fingerprint density at radius 3 is 2.59 bits per heavy atom. The number of halogens is 1. The number of benzene rings is 1. The van der Waals surface area contributed by atoms with E-state index in [9.17, 15) is 14.7 Å². The molecular weight excluding hydrogens is 465 g/mol. The van der Waals surface area contributed by atoms with Crippen LogP contribution in [0.25, 0.3) is 6.08 Å². The fourth-order valence-electron chi connectivity index (χ4n) is 2.86. The first-order chi connectivity index (χ1) is 12.7. The second kappa shape index (κ2) is 8.81. The molecule has 148 valence electrons. The van der Waals surface area contributed by atoms with Gasteiger partial charge in [-0.3, -0.25) is 4.90 Å². The normalized spacial score (nSPS) is 20.0. The molecule has 0 radical (unpaired) electrons. The lowest BCUT2D eigenvalue weighted by Crippen LogP contribution is -2.48. The van der Waals surface area contributed by atoms with Gasteiger partial charge in [-0.25, -0.2) is 9.59 Å². The number of carbonyl (C=O) groups is 2. The standard InChI is InChI=1S/C19H24INO6/c1-19(2,3)27-18(24)21-10-8-15(16(21)17(22)23)26-13-5-6-14(25-4)12(11-13)7-9-20/h5-7,9,11,15-16H,8,10H2,1-4H3,(H,22,23)/b9-7-/t15-,16-/m0/s1. The number of hydrogen-bond donors (Lipinski definition) is 1. The van der Waals surface area contributed by atoms with Crippen LogP contribution in [0.3, 0.4) is 0 Å². The SMILES string of the molecule is COc1ccc(O[C@H]2CCN(C(=O)OC(C)(C)C)[C@@H]2C(=O)O)cc1/C=C\I. The summed E-state index contributed by atoms with van der Waals surface area (Å²) in [7, 11) is 1.58. The molecule has 2 rings (SSSR count). The largest absolute Gasteiger partial charge is 0.496 e. The van der Waals surface area contributed by atoms with Gasteiger partial charge in [0.05, 0.1) is 7.11 Å². The Morgan fingerprint density at radius 2 is 2.04 bits per heavy atom. The minimum Gasteiger partial charge on any atom is -0.496 e. The summed E-state index contributed by atoms with van der Waals surface area (Å²) in [6, 6.07) is 4.16. The van der Waals surface area contributed by atoms with Gasteiger partial charge in [-0.05, 0) is 49.1 Å². The summed E-state index contributed by atoms with van der Waals surface area (Å²) in [6.45, 7) is 5.48. The number of hydrogen-bond acceptors (Lipinski definition) is 5. The van der Waals surface area contributed by atoms with Crippen molar-refractivity contribution in [3.05, 3.63) is 27.8 Å². The summed E-state index contributed by atoms with van der Waals surface area (Å²) in [5.41, 5.74) is 0.119. The number of methoxy groups -OCH3 is 1. The van der Waals surface area contributed by atoms with Crippen LogP contribution in [0.1, 0.15) is 32.8 Å². The molecule has 0 saturated carbocycles. The predicted molar refractivity (Wildman–Crippen MR) is 109 cm³/mol. The summed E-state index contributed by atoms with van der Waals surface area (Å²) < 4.78 is 18.4. The van der Waals surface area contributed by atoms with Gasteiger partial charge >= 0.3 is 12.1 Å². The number of ether oxygens (including phenoxy) is 3. The van der Waals surface area contributed by atoms with Gasteiger partial charge in [0.25, 0.3) is 0 Å². The summed E-state index contributed by atoms with van der Waals surface area (Å²) in [6.07, 6.45) is 0.951. The van der Waals surface area contributed by atoms with Crippen molar-refractivity contribution in [2.24, 2.45) is 0 Å². The van der Waals surface area contributed by atoms with E-state index in [-0.39, 0.29) is 6.54 Å². The maximum Gasteiger partial charge on any atom is 0.411 e. The molecule has 1 aliphatic heterocycles. The Labute approximate surface area is 172 Å². The lowest BCUT2D eigenvalue weighted by molar-refractivity contribution is -0.144. The molecule has 1 N–H and O–H groups in total. The zero-order valence-electron chi connectivity index (χ0n) is 15.8. The number of rotatable bonds is 5. The molecule has 2 atom stereocenters. The van der Waals surface area contributed by atoms with E-state index in [0.717, 1.165) is 5.56 Å². The van der Waals surface area contributed by atoms with Crippen LogP contribution in [0.4, 0.5) is 4.79 Å². The van der Waals surface area contributed by atoms with Crippen molar-refractivity contribution in [1.82, 2.24) is 4.90 Å². The molecule has 7 nitrogen and oxygen atoms in total. The van der Waals surface area contributed by atoms with Crippen molar-refractivity contribution in [2.45, 2.75) is 44.9 Å². The highest BCUT2D eigenvalue weighted by Crippen LogP contribution is 2.30. The van der Waals surface area contributed by atoms with E-state index < -0.39 is 29.8 Å². The van der Waals surface area contributed by atoms with Gasteiger partial charge < -0.3 is 19.3 Å². The van der Waals surface area contributed by atoms with Crippen LogP contribution in [0, 0.1) is 0 Å². The number of carboxylic acid groups (broad SMARTS) is 1. The fourth-order valence-corrected chi connectivity index (χ4v) is 3.25. The zero-order valence-corrected chi connectivity index (χ0v) is 17.9. The van der Waals surface area contributed by atoms with Crippen LogP contribution in [-0.4, -0.2) is 53.5 Å². The molecule has 27 heavy (non-hydrogen) atoms. The number of nitrogens with zero attached hydrogens (tertiary/aromatic N) is 1. The number of aliphatic carboxylic acids is 1. The van der Waals surface area contributed by atoms with Gasteiger partial charge in [-0.2, -0.15) is 0 Å². The highest BCUT2D eigenvalue weighted by atomic mass is 127. The predicted octanol–water partition coefficient (Wildman–Crippen LogP) is 3.94. The summed E-state index contributed by atoms with van der Waals surface area (Å²) in [5, 5.41) is 9.64. The molecule has 0 spiro atoms. The van der Waals surface area contributed by atoms with Gasteiger partial charge in [0.1, 0.15) is 23.2 Å². The van der Waals surface area contributed by atoms with Gasteiger partial charge in [-0.15, -0.1) is 0 Å². The number of amides is 1. The van der Waals surface area contributed by atoms with Gasteiger partial charge in [0, 0.05) is 18.5 Å². The molecule has 0 bridgehead atoms. The molecule has 0 aromatic heterocycles. The molecule has 8 heteroatoms. The second-order valence-corrected chi connectivity index (χ2v) is 7.82. The summed E-state index contributed by atoms with van der Waals surface area (Å²) in [4.78, 5) is 25.4. The lowest BCUT2D eigenvalue weighted by Gasteiger charge is -2.28. The van der Waals surface area contributed by atoms with E-state index in [1.807, 2.05) is 10.2 Å². The van der Waals surface area contributed by atoms with Crippen molar-refractivity contribution in [2.75, 3.05) is 13.7 Å². The summed E-state index contributed by atoms with van der Waals surface area (Å²) >= 11 is 2.11. The van der Waals surface area contributed by atoms with Crippen LogP contribution >= 0.6 is 22.6 Å². The fraction of sp³-hybridized carbons (Fsp3) is 0.474. The second-order valence-electron chi connectivity index (χ2n) is 7.10. The Bertz CT molecular complexity index is 727. The maximum atomic E-state index is 12.4. The molecule has 0 aliphatic carbocycles. The first-order valence-electron chi connectivity index (χ1n) is 8.50. The number of carboxylic acids is 1. The third-order valence-electron chi connectivity index (χ3n) is 3.95. The minimum atomic E-state index is -1.12. The maximum absolute atomic E-state index is 12.4. The monoisotopic (exact) mass is 489 g/mol.